The van der Waals surface area contributed by atoms with E-state index in [1.165, 1.54) is 18.5 Å². The number of likely N-dealkylation sites (tertiary alicyclic amines) is 1. The average Bonchev–Trinajstić information content (AvgIpc) is 3.15. The first kappa shape index (κ1) is 17.4. The fourth-order valence-corrected chi connectivity index (χ4v) is 3.89. The van der Waals surface area contributed by atoms with Crippen LogP contribution in [0.25, 0.3) is 0 Å². The molecule has 0 radical (unpaired) electrons. The van der Waals surface area contributed by atoms with Crippen LogP contribution in [0.15, 0.2) is 30.3 Å². The topological polar surface area (TPSA) is 42.8 Å². The zero-order valence-electron chi connectivity index (χ0n) is 14.6. The van der Waals surface area contributed by atoms with Crippen LogP contribution in [0.1, 0.15) is 37.7 Å². The number of quaternary nitrogens is 1. The van der Waals surface area contributed by atoms with Gasteiger partial charge in [0.15, 0.2) is 0 Å². The molecule has 2 aliphatic rings. The second-order valence-corrected chi connectivity index (χ2v) is 7.24. The molecule has 4 heteroatoms. The molecule has 1 aromatic rings. The Bertz CT molecular complexity index is 492. The summed E-state index contributed by atoms with van der Waals surface area (Å²) in [6.45, 7) is 5.03. The highest BCUT2D eigenvalue weighted by Gasteiger charge is 2.27. The number of benzene rings is 1. The zero-order chi connectivity index (χ0) is 16.6. The average molecular weight is 331 g/mol. The summed E-state index contributed by atoms with van der Waals surface area (Å²) in [4.78, 5) is 13.9. The van der Waals surface area contributed by atoms with Gasteiger partial charge < -0.3 is 15.0 Å². The molecule has 0 aliphatic carbocycles. The van der Waals surface area contributed by atoms with Crippen LogP contribution in [-0.4, -0.2) is 44.8 Å². The lowest BCUT2D eigenvalue weighted by Crippen LogP contribution is -3.13. The van der Waals surface area contributed by atoms with E-state index in [0.717, 1.165) is 51.8 Å². The SMILES string of the molecule is O=C(NC[C@H]1CCCO1)C1CC[NH+](CCCc2ccccc2)CC1. The lowest BCUT2D eigenvalue weighted by Gasteiger charge is -2.29. The summed E-state index contributed by atoms with van der Waals surface area (Å²) in [6.07, 6.45) is 6.91. The van der Waals surface area contributed by atoms with Crippen molar-refractivity contribution in [3.05, 3.63) is 35.9 Å². The normalized spacial score (nSPS) is 27.1. The van der Waals surface area contributed by atoms with Gasteiger partial charge in [0.25, 0.3) is 0 Å². The number of aryl methyl sites for hydroxylation is 1. The molecule has 4 nitrogen and oxygen atoms in total. The first-order chi connectivity index (χ1) is 11.8. The molecule has 2 fully saturated rings. The number of carbonyl (C=O) groups excluding carboxylic acids is 1. The highest BCUT2D eigenvalue weighted by atomic mass is 16.5. The molecule has 0 bridgehead atoms. The van der Waals surface area contributed by atoms with E-state index < -0.39 is 0 Å². The van der Waals surface area contributed by atoms with Crippen molar-refractivity contribution in [3.63, 3.8) is 0 Å². The minimum absolute atomic E-state index is 0.212. The molecule has 24 heavy (non-hydrogen) atoms. The lowest BCUT2D eigenvalue weighted by molar-refractivity contribution is -0.906. The van der Waals surface area contributed by atoms with Crippen molar-refractivity contribution in [1.82, 2.24) is 5.32 Å². The highest BCUT2D eigenvalue weighted by Crippen LogP contribution is 2.13. The molecule has 2 aliphatic heterocycles. The van der Waals surface area contributed by atoms with Crippen molar-refractivity contribution in [2.24, 2.45) is 5.92 Å². The molecule has 0 saturated carbocycles. The van der Waals surface area contributed by atoms with E-state index in [9.17, 15) is 4.79 Å². The van der Waals surface area contributed by atoms with Crippen LogP contribution < -0.4 is 10.2 Å². The second kappa shape index (κ2) is 9.19. The molecule has 3 rings (SSSR count). The van der Waals surface area contributed by atoms with E-state index in [0.29, 0.717) is 6.54 Å². The summed E-state index contributed by atoms with van der Waals surface area (Å²) in [7, 11) is 0. The quantitative estimate of drug-likeness (QED) is 0.789. The zero-order valence-corrected chi connectivity index (χ0v) is 14.6. The first-order valence-electron chi connectivity index (χ1n) is 9.58. The van der Waals surface area contributed by atoms with Crippen molar-refractivity contribution in [3.8, 4) is 0 Å². The van der Waals surface area contributed by atoms with Gasteiger partial charge in [-0.05, 0) is 24.8 Å². The van der Waals surface area contributed by atoms with Crippen LogP contribution in [0.4, 0.5) is 0 Å². The van der Waals surface area contributed by atoms with Gasteiger partial charge in [0.05, 0.1) is 25.7 Å². The third kappa shape index (κ3) is 5.32. The summed E-state index contributed by atoms with van der Waals surface area (Å²) in [5.41, 5.74) is 1.43. The number of hydrogen-bond acceptors (Lipinski definition) is 2. The van der Waals surface area contributed by atoms with E-state index in [2.05, 4.69) is 35.6 Å². The first-order valence-corrected chi connectivity index (χ1v) is 9.58. The van der Waals surface area contributed by atoms with Gasteiger partial charge in [-0.25, -0.2) is 0 Å². The van der Waals surface area contributed by atoms with Crippen LogP contribution in [-0.2, 0) is 16.0 Å². The molecule has 2 saturated heterocycles. The summed E-state index contributed by atoms with van der Waals surface area (Å²) < 4.78 is 5.57. The Morgan fingerprint density at radius 3 is 2.67 bits per heavy atom. The van der Waals surface area contributed by atoms with E-state index in [1.54, 1.807) is 4.90 Å². The Hall–Kier alpha value is -1.39. The van der Waals surface area contributed by atoms with Gasteiger partial charge in [-0.3, -0.25) is 4.79 Å². The molecule has 0 aromatic heterocycles. The third-order valence-electron chi connectivity index (χ3n) is 5.43. The Morgan fingerprint density at radius 1 is 1.17 bits per heavy atom. The van der Waals surface area contributed by atoms with Gasteiger partial charge in [-0.1, -0.05) is 30.3 Å². The Balaban J connectivity index is 1.29. The van der Waals surface area contributed by atoms with Crippen LogP contribution in [0.3, 0.4) is 0 Å². The van der Waals surface area contributed by atoms with Crippen LogP contribution in [0.2, 0.25) is 0 Å². The van der Waals surface area contributed by atoms with E-state index in [-0.39, 0.29) is 17.9 Å². The summed E-state index contributed by atoms with van der Waals surface area (Å²) in [5, 5.41) is 3.10. The summed E-state index contributed by atoms with van der Waals surface area (Å²) >= 11 is 0. The molecule has 1 aromatic carbocycles. The van der Waals surface area contributed by atoms with Crippen LogP contribution in [0.5, 0.6) is 0 Å². The van der Waals surface area contributed by atoms with Gasteiger partial charge in [0.2, 0.25) is 5.91 Å². The van der Waals surface area contributed by atoms with Crippen molar-refractivity contribution in [2.45, 2.75) is 44.6 Å². The molecule has 132 valence electrons. The fraction of sp³-hybridized carbons (Fsp3) is 0.650. The standard InChI is InChI=1S/C20H30N2O2/c23-20(21-16-19-9-5-15-24-19)18-10-13-22(14-11-18)12-4-8-17-6-2-1-3-7-17/h1-3,6-7,18-19H,4-5,8-16H2,(H,21,23)/p+1/t19-/m1/s1. The Kier molecular flexibility index (Phi) is 6.67. The molecule has 2 heterocycles. The van der Waals surface area contributed by atoms with Crippen molar-refractivity contribution in [2.75, 3.05) is 32.8 Å². The van der Waals surface area contributed by atoms with Gasteiger partial charge in [-0.2, -0.15) is 0 Å². The molecular weight excluding hydrogens is 300 g/mol. The van der Waals surface area contributed by atoms with E-state index in [1.807, 2.05) is 0 Å². The van der Waals surface area contributed by atoms with Crippen molar-refractivity contribution in [1.29, 1.82) is 0 Å². The molecule has 1 amide bonds. The number of piperidine rings is 1. The van der Waals surface area contributed by atoms with E-state index in [4.69, 9.17) is 4.74 Å². The fourth-order valence-electron chi connectivity index (χ4n) is 3.89. The summed E-state index contributed by atoms with van der Waals surface area (Å²) in [6, 6.07) is 10.7. The number of nitrogens with one attached hydrogen (secondary N) is 2. The molecular formula is C20H31N2O2+. The maximum atomic E-state index is 12.3. The number of hydrogen-bond donors (Lipinski definition) is 2. The Labute approximate surface area is 145 Å². The van der Waals surface area contributed by atoms with Crippen LogP contribution >= 0.6 is 0 Å². The number of rotatable bonds is 7. The number of ether oxygens (including phenoxy) is 1. The van der Waals surface area contributed by atoms with Gasteiger partial charge in [-0.15, -0.1) is 0 Å². The third-order valence-corrected chi connectivity index (χ3v) is 5.43. The molecule has 1 atom stereocenters. The van der Waals surface area contributed by atoms with Crippen LogP contribution in [0, 0.1) is 5.92 Å². The lowest BCUT2D eigenvalue weighted by atomic mass is 9.95. The maximum absolute atomic E-state index is 12.3. The minimum Gasteiger partial charge on any atom is -0.376 e. The minimum atomic E-state index is 0.212. The molecule has 0 unspecified atom stereocenters. The van der Waals surface area contributed by atoms with Crippen molar-refractivity contribution < 1.29 is 14.4 Å². The summed E-state index contributed by atoms with van der Waals surface area (Å²) in [5.74, 6) is 0.457. The molecule has 2 N–H and O–H groups in total. The number of amides is 1. The second-order valence-electron chi connectivity index (χ2n) is 7.24. The number of carbonyl (C=O) groups is 1. The van der Waals surface area contributed by atoms with Gasteiger partial charge >= 0.3 is 0 Å². The predicted molar refractivity (Wildman–Crippen MR) is 95.0 cm³/mol. The van der Waals surface area contributed by atoms with Gasteiger partial charge in [0.1, 0.15) is 0 Å². The monoisotopic (exact) mass is 331 g/mol. The van der Waals surface area contributed by atoms with E-state index >= 15 is 0 Å². The van der Waals surface area contributed by atoms with Crippen molar-refractivity contribution >= 4 is 5.91 Å². The van der Waals surface area contributed by atoms with Gasteiger partial charge in [0, 0.05) is 38.3 Å². The smallest absolute Gasteiger partial charge is 0.223 e. The molecule has 0 spiro atoms. The largest absolute Gasteiger partial charge is 0.376 e. The predicted octanol–water partition coefficient (Wildman–Crippen LogP) is 1.21. The Morgan fingerprint density at radius 2 is 1.96 bits per heavy atom. The maximum Gasteiger partial charge on any atom is 0.223 e. The highest BCUT2D eigenvalue weighted by molar-refractivity contribution is 5.78.